The molecule has 0 saturated carbocycles. The molecule has 0 radical (unpaired) electrons. The van der Waals surface area contributed by atoms with E-state index in [4.69, 9.17) is 4.74 Å². The fourth-order valence-electron chi connectivity index (χ4n) is 3.18. The fourth-order valence-corrected chi connectivity index (χ4v) is 3.18. The Hall–Kier alpha value is -0.930. The van der Waals surface area contributed by atoms with Crippen molar-refractivity contribution in [2.45, 2.75) is 52.4 Å². The lowest BCUT2D eigenvalue weighted by molar-refractivity contribution is 0.0239. The lowest BCUT2D eigenvalue weighted by Gasteiger charge is -2.25. The molecule has 1 aromatic rings. The van der Waals surface area contributed by atoms with Gasteiger partial charge in [0, 0.05) is 5.92 Å². The van der Waals surface area contributed by atoms with E-state index in [0.717, 1.165) is 11.1 Å². The van der Waals surface area contributed by atoms with Gasteiger partial charge >= 0.3 is 0 Å². The number of aryl methyl sites for hydroxylation is 1. The van der Waals surface area contributed by atoms with Crippen molar-refractivity contribution in [3.05, 3.63) is 35.1 Å². The van der Waals surface area contributed by atoms with E-state index in [1.165, 1.54) is 12.1 Å². The molecule has 106 valence electrons. The lowest BCUT2D eigenvalue weighted by atomic mass is 9.82. The van der Waals surface area contributed by atoms with Gasteiger partial charge in [-0.15, -0.1) is 0 Å². The van der Waals surface area contributed by atoms with Crippen LogP contribution in [-0.4, -0.2) is 23.4 Å². The third-order valence-electron chi connectivity index (χ3n) is 4.50. The highest BCUT2D eigenvalue weighted by atomic mass is 19.1. The first-order valence-corrected chi connectivity index (χ1v) is 6.98. The highest BCUT2D eigenvalue weighted by Crippen LogP contribution is 2.35. The molecule has 2 rings (SSSR count). The van der Waals surface area contributed by atoms with E-state index in [-0.39, 0.29) is 23.9 Å². The minimum absolute atomic E-state index is 0.0499. The number of aliphatic hydroxyl groups is 1. The van der Waals surface area contributed by atoms with Gasteiger partial charge in [-0.3, -0.25) is 0 Å². The Kier molecular flexibility index (Phi) is 4.26. The third kappa shape index (κ3) is 2.98. The summed E-state index contributed by atoms with van der Waals surface area (Å²) in [6, 6.07) is 4.74. The molecule has 1 fully saturated rings. The summed E-state index contributed by atoms with van der Waals surface area (Å²) in [5.41, 5.74) is 1.90. The summed E-state index contributed by atoms with van der Waals surface area (Å²) in [6.07, 6.45) is 0.214. The molecule has 0 aliphatic carbocycles. The molecule has 1 saturated heterocycles. The Morgan fingerprint density at radius 1 is 1.26 bits per heavy atom. The molecule has 5 unspecified atom stereocenters. The SMILES string of the molecule is Cc1ccc(F)cc1CC(O)C1C(C)OC(C)C1C. The van der Waals surface area contributed by atoms with Crippen LogP contribution in [0.1, 0.15) is 31.9 Å². The topological polar surface area (TPSA) is 29.5 Å². The Bertz CT molecular complexity index is 446. The van der Waals surface area contributed by atoms with Crippen LogP contribution < -0.4 is 0 Å². The zero-order chi connectivity index (χ0) is 14.2. The Morgan fingerprint density at radius 2 is 1.95 bits per heavy atom. The summed E-state index contributed by atoms with van der Waals surface area (Å²) in [4.78, 5) is 0. The maximum atomic E-state index is 13.3. The summed E-state index contributed by atoms with van der Waals surface area (Å²) in [5.74, 6) is 0.182. The highest BCUT2D eigenvalue weighted by molar-refractivity contribution is 5.27. The van der Waals surface area contributed by atoms with Crippen LogP contribution in [-0.2, 0) is 11.2 Å². The Balaban J connectivity index is 2.12. The molecule has 1 heterocycles. The van der Waals surface area contributed by atoms with Gasteiger partial charge in [0.05, 0.1) is 18.3 Å². The van der Waals surface area contributed by atoms with Crippen LogP contribution in [0.3, 0.4) is 0 Å². The molecule has 0 spiro atoms. The largest absolute Gasteiger partial charge is 0.392 e. The number of rotatable bonds is 3. The summed E-state index contributed by atoms with van der Waals surface area (Å²) in [7, 11) is 0. The van der Waals surface area contributed by atoms with Gasteiger partial charge in [-0.1, -0.05) is 13.0 Å². The first kappa shape index (κ1) is 14.5. The van der Waals surface area contributed by atoms with Gasteiger partial charge in [0.25, 0.3) is 0 Å². The van der Waals surface area contributed by atoms with E-state index in [0.29, 0.717) is 12.3 Å². The van der Waals surface area contributed by atoms with Crippen molar-refractivity contribution in [2.24, 2.45) is 11.8 Å². The third-order valence-corrected chi connectivity index (χ3v) is 4.50. The molecule has 5 atom stereocenters. The summed E-state index contributed by atoms with van der Waals surface area (Å²) in [6.45, 7) is 8.11. The predicted molar refractivity (Wildman–Crippen MR) is 73.5 cm³/mol. The first-order valence-electron chi connectivity index (χ1n) is 6.98. The molecule has 1 aromatic carbocycles. The van der Waals surface area contributed by atoms with Crippen LogP contribution in [0, 0.1) is 24.6 Å². The van der Waals surface area contributed by atoms with Gasteiger partial charge in [-0.25, -0.2) is 4.39 Å². The van der Waals surface area contributed by atoms with E-state index >= 15 is 0 Å². The maximum Gasteiger partial charge on any atom is 0.123 e. The molecule has 3 heteroatoms. The van der Waals surface area contributed by atoms with Crippen molar-refractivity contribution in [1.82, 2.24) is 0 Å². The number of benzene rings is 1. The van der Waals surface area contributed by atoms with Gasteiger partial charge in [-0.2, -0.15) is 0 Å². The van der Waals surface area contributed by atoms with Crippen LogP contribution in [0.25, 0.3) is 0 Å². The summed E-state index contributed by atoms with van der Waals surface area (Å²) < 4.78 is 19.0. The van der Waals surface area contributed by atoms with Crippen LogP contribution in [0.2, 0.25) is 0 Å². The van der Waals surface area contributed by atoms with E-state index < -0.39 is 6.10 Å². The number of aliphatic hydroxyl groups excluding tert-OH is 1. The average Bonchev–Trinajstić information content (AvgIpc) is 2.58. The second-order valence-electron chi connectivity index (χ2n) is 5.83. The van der Waals surface area contributed by atoms with Crippen LogP contribution in [0.4, 0.5) is 4.39 Å². The van der Waals surface area contributed by atoms with Crippen molar-refractivity contribution < 1.29 is 14.2 Å². The van der Waals surface area contributed by atoms with Crippen molar-refractivity contribution in [3.63, 3.8) is 0 Å². The van der Waals surface area contributed by atoms with Crippen LogP contribution >= 0.6 is 0 Å². The molecule has 2 nitrogen and oxygen atoms in total. The zero-order valence-electron chi connectivity index (χ0n) is 12.1. The van der Waals surface area contributed by atoms with Gasteiger partial charge in [-0.05, 0) is 56.4 Å². The molecule has 19 heavy (non-hydrogen) atoms. The smallest absolute Gasteiger partial charge is 0.123 e. The molecule has 1 aliphatic rings. The fraction of sp³-hybridized carbons (Fsp3) is 0.625. The minimum Gasteiger partial charge on any atom is -0.392 e. The zero-order valence-corrected chi connectivity index (χ0v) is 12.1. The minimum atomic E-state index is -0.490. The van der Waals surface area contributed by atoms with E-state index in [1.807, 2.05) is 20.8 Å². The molecular formula is C16H23FO2. The summed E-state index contributed by atoms with van der Waals surface area (Å²) >= 11 is 0. The molecular weight excluding hydrogens is 243 g/mol. The van der Waals surface area contributed by atoms with Gasteiger partial charge in [0.1, 0.15) is 5.82 Å². The number of hydrogen-bond acceptors (Lipinski definition) is 2. The van der Waals surface area contributed by atoms with Gasteiger partial charge < -0.3 is 9.84 Å². The Morgan fingerprint density at radius 3 is 2.53 bits per heavy atom. The quantitative estimate of drug-likeness (QED) is 0.911. The number of hydrogen-bond donors (Lipinski definition) is 1. The van der Waals surface area contributed by atoms with Crippen molar-refractivity contribution >= 4 is 0 Å². The van der Waals surface area contributed by atoms with Gasteiger partial charge in [0.2, 0.25) is 0 Å². The van der Waals surface area contributed by atoms with Crippen LogP contribution in [0.5, 0.6) is 0 Å². The lowest BCUT2D eigenvalue weighted by Crippen LogP contribution is -2.32. The monoisotopic (exact) mass is 266 g/mol. The molecule has 1 aliphatic heterocycles. The molecule has 0 aromatic heterocycles. The van der Waals surface area contributed by atoms with E-state index in [2.05, 4.69) is 6.92 Å². The van der Waals surface area contributed by atoms with E-state index in [1.54, 1.807) is 6.07 Å². The van der Waals surface area contributed by atoms with Crippen molar-refractivity contribution in [2.75, 3.05) is 0 Å². The van der Waals surface area contributed by atoms with Crippen molar-refractivity contribution in [3.8, 4) is 0 Å². The molecule has 0 amide bonds. The molecule has 1 N–H and O–H groups in total. The standard InChI is InChI=1S/C16H23FO2/c1-9-5-6-14(17)7-13(9)8-15(18)16-10(2)11(3)19-12(16)4/h5-7,10-12,15-16,18H,8H2,1-4H3. The van der Waals surface area contributed by atoms with Crippen molar-refractivity contribution in [1.29, 1.82) is 0 Å². The Labute approximate surface area is 114 Å². The first-order chi connectivity index (χ1) is 8.90. The second kappa shape index (κ2) is 5.59. The highest BCUT2D eigenvalue weighted by Gasteiger charge is 2.41. The second-order valence-corrected chi connectivity index (χ2v) is 5.83. The van der Waals surface area contributed by atoms with E-state index in [9.17, 15) is 9.50 Å². The maximum absolute atomic E-state index is 13.3. The van der Waals surface area contributed by atoms with Gasteiger partial charge in [0.15, 0.2) is 0 Å². The number of ether oxygens (including phenoxy) is 1. The molecule has 0 bridgehead atoms. The normalized spacial score (nSPS) is 32.5. The number of halogens is 1. The summed E-state index contributed by atoms with van der Waals surface area (Å²) in [5, 5.41) is 10.5. The van der Waals surface area contributed by atoms with Crippen LogP contribution in [0.15, 0.2) is 18.2 Å². The average molecular weight is 266 g/mol. The predicted octanol–water partition coefficient (Wildman–Crippen LogP) is 3.10.